The fraction of sp³-hybridized carbons (Fsp3) is 0.359. The van der Waals surface area contributed by atoms with E-state index in [0.717, 1.165) is 73.5 Å². The molecule has 6 aromatic carbocycles. The third-order valence-electron chi connectivity index (χ3n) is 14.0. The molecule has 0 spiro atoms. The van der Waals surface area contributed by atoms with Gasteiger partial charge in [0.15, 0.2) is 0 Å². The molecule has 7 heteroatoms. The van der Waals surface area contributed by atoms with Crippen molar-refractivity contribution in [3.8, 4) is 56.3 Å². The van der Waals surface area contributed by atoms with E-state index >= 15 is 0 Å². The van der Waals surface area contributed by atoms with E-state index in [2.05, 4.69) is 231 Å². The van der Waals surface area contributed by atoms with Crippen LogP contribution >= 0.6 is 0 Å². The fourth-order valence-electron chi connectivity index (χ4n) is 9.89. The van der Waals surface area contributed by atoms with Gasteiger partial charge in [-0.15, -0.1) is 0 Å². The molecule has 0 bridgehead atoms. The Bertz CT molecular complexity index is 3510. The van der Waals surface area contributed by atoms with Crippen LogP contribution in [0.15, 0.2) is 103 Å². The van der Waals surface area contributed by atoms with Crippen LogP contribution in [0.25, 0.3) is 80.9 Å². The van der Waals surface area contributed by atoms with Gasteiger partial charge >= 0.3 is 305 Å². The number of aromatic nitrogens is 4. The molecule has 0 amide bonds. The van der Waals surface area contributed by atoms with Gasteiger partial charge in [0.25, 0.3) is 0 Å². The summed E-state index contributed by atoms with van der Waals surface area (Å²) >= 11 is 0.0343. The summed E-state index contributed by atoms with van der Waals surface area (Å²) in [5.74, 6) is 0.943. The molecule has 0 radical (unpaired) electrons. The molecule has 3 aromatic heterocycles. The van der Waals surface area contributed by atoms with Gasteiger partial charge in [0, 0.05) is 21.1 Å². The van der Waals surface area contributed by atoms with Crippen LogP contribution in [0.2, 0.25) is 0 Å². The maximum atomic E-state index is 12.6. The Hall–Kier alpha value is -5.12. The van der Waals surface area contributed by atoms with E-state index in [1.54, 1.807) is 0 Å². The minimum atomic E-state index is -0.334. The first kappa shape index (κ1) is 52.2. The normalized spacial score (nSPS) is 12.9. The topological polar surface area (TPSA) is 63.8 Å². The van der Waals surface area contributed by atoms with Gasteiger partial charge in [0.1, 0.15) is 0 Å². The molecule has 5 nitrogen and oxygen atoms in total. The van der Waals surface area contributed by atoms with Crippen molar-refractivity contribution >= 4 is 44.8 Å². The van der Waals surface area contributed by atoms with Crippen molar-refractivity contribution in [1.82, 2.24) is 19.7 Å². The Balaban J connectivity index is 0.00000676. The van der Waals surface area contributed by atoms with E-state index in [0.29, 0.717) is 11.4 Å². The molecule has 71 heavy (non-hydrogen) atoms. The van der Waals surface area contributed by atoms with Crippen molar-refractivity contribution in [1.29, 1.82) is 0 Å². The predicted octanol–water partition coefficient (Wildman–Crippen LogP) is 16.7. The Morgan fingerprint density at radius 2 is 1.23 bits per heavy atom. The zero-order valence-electron chi connectivity index (χ0n) is 45.0. The first-order valence-electron chi connectivity index (χ1n) is 25.0. The number of hydrogen-bond donors (Lipinski definition) is 1. The van der Waals surface area contributed by atoms with Crippen LogP contribution in [-0.4, -0.2) is 39.4 Å². The second-order valence-corrected chi connectivity index (χ2v) is 27.2. The number of phenols is 1. The molecule has 0 aliphatic rings. The van der Waals surface area contributed by atoms with Crippen LogP contribution < -0.4 is 0 Å². The summed E-state index contributed by atoms with van der Waals surface area (Å²) in [5, 5.41) is 25.1. The zero-order valence-corrected chi connectivity index (χ0v) is 49.0. The molecule has 370 valence electrons. The summed E-state index contributed by atoms with van der Waals surface area (Å²) in [6, 6.07) is 41.6. The fourth-order valence-corrected chi connectivity index (χ4v) is 12.8. The first-order chi connectivity index (χ1) is 32.6. The second kappa shape index (κ2) is 18.4. The van der Waals surface area contributed by atoms with Gasteiger partial charge in [-0.2, -0.15) is 0 Å². The van der Waals surface area contributed by atoms with Gasteiger partial charge in [-0.05, 0) is 21.8 Å². The van der Waals surface area contributed by atoms with Gasteiger partial charge in [0.05, 0.1) is 0 Å². The molecule has 0 unspecified atom stereocenters. The van der Waals surface area contributed by atoms with Gasteiger partial charge in [-0.25, -0.2) is 0 Å². The number of fused-ring (bicyclic) bond motifs is 4. The van der Waals surface area contributed by atoms with Crippen molar-refractivity contribution in [3.63, 3.8) is 0 Å². The Labute approximate surface area is 443 Å². The molecule has 9 aromatic rings. The van der Waals surface area contributed by atoms with Crippen LogP contribution in [-0.2, 0) is 49.1 Å². The average molecular weight is 1190 g/mol. The maximum absolute atomic E-state index is 12.6. The van der Waals surface area contributed by atoms with Gasteiger partial charge in [0.2, 0.25) is 0 Å². The Morgan fingerprint density at radius 3 is 1.86 bits per heavy atom. The molecular formula is C64H71N4OPtSe-. The van der Waals surface area contributed by atoms with Crippen molar-refractivity contribution in [2.24, 2.45) is 5.41 Å². The smallest absolute Gasteiger partial charge is 0 e. The number of hydrogen-bond acceptors (Lipinski definition) is 4. The molecule has 3 heterocycles. The van der Waals surface area contributed by atoms with E-state index < -0.39 is 0 Å². The zero-order chi connectivity index (χ0) is 50.6. The first-order valence-corrected chi connectivity index (χ1v) is 26.7. The van der Waals surface area contributed by atoms with E-state index in [4.69, 9.17) is 15.2 Å². The van der Waals surface area contributed by atoms with Crippen LogP contribution in [0.1, 0.15) is 143 Å². The van der Waals surface area contributed by atoms with E-state index in [1.165, 1.54) is 41.5 Å². The number of para-hydroxylation sites is 1. The SMILES string of the molecule is Cc1c(CC(C)(C)C)ccc2c1[se]c1c(-c3[c-]c(-c4cccc5c4nc(-c4cc(C(C)(C)C)cc(C(C)(C)C)c4O)n5-c4ccc(C(C)(C)C)cc4-c4ccccc4)cc(C(C)(C)C)c3)nnc(C)c12.[Pt]. The third kappa shape index (κ3) is 9.91. The summed E-state index contributed by atoms with van der Waals surface area (Å²) < 4.78 is 5.02. The number of aromatic hydroxyl groups is 1. The molecule has 0 fully saturated rings. The average Bonchev–Trinajstić information content (AvgIpc) is 3.86. The van der Waals surface area contributed by atoms with Crippen LogP contribution in [0.3, 0.4) is 0 Å². The van der Waals surface area contributed by atoms with E-state index in [1.807, 2.05) is 0 Å². The molecule has 0 saturated heterocycles. The van der Waals surface area contributed by atoms with Gasteiger partial charge in [-0.1, -0.05) is 98.7 Å². The number of phenolic OH excluding ortho intramolecular Hbond substituents is 1. The summed E-state index contributed by atoms with van der Waals surface area (Å²) in [7, 11) is 0. The van der Waals surface area contributed by atoms with Crippen LogP contribution in [0.4, 0.5) is 0 Å². The van der Waals surface area contributed by atoms with Crippen LogP contribution in [0.5, 0.6) is 5.75 Å². The number of rotatable bonds is 6. The van der Waals surface area contributed by atoms with E-state index in [-0.39, 0.29) is 68.4 Å². The Kier molecular flexibility index (Phi) is 13.5. The summed E-state index contributed by atoms with van der Waals surface area (Å²) in [6.45, 7) is 38.2. The van der Waals surface area contributed by atoms with Crippen molar-refractivity contribution in [2.75, 3.05) is 0 Å². The summed E-state index contributed by atoms with van der Waals surface area (Å²) in [5.41, 5.74) is 17.1. The number of aryl methyl sites for hydroxylation is 2. The molecule has 0 saturated carbocycles. The molecule has 9 rings (SSSR count). The minimum Gasteiger partial charge on any atom is 0 e. The molecule has 1 N–H and O–H groups in total. The second-order valence-electron chi connectivity index (χ2n) is 25.1. The maximum Gasteiger partial charge on any atom is 0 e. The number of imidazole rings is 1. The molecular weight excluding hydrogens is 1110 g/mol. The third-order valence-corrected chi connectivity index (χ3v) is 16.8. The molecule has 0 aliphatic carbocycles. The number of nitrogens with zero attached hydrogens (tertiary/aromatic N) is 4. The van der Waals surface area contributed by atoms with Gasteiger partial charge in [-0.3, -0.25) is 0 Å². The molecule has 0 atom stereocenters. The van der Waals surface area contributed by atoms with E-state index in [9.17, 15) is 5.11 Å². The predicted molar refractivity (Wildman–Crippen MR) is 298 cm³/mol. The Morgan fingerprint density at radius 1 is 0.592 bits per heavy atom. The largest absolute Gasteiger partial charge is 0 e. The standard InChI is InChI=1S/C64H71N4OSe.Pt/c1-37-40(36-60(3,4)5)26-28-47-53-38(2)66-67-54(58(53)70-57(37)47)42-30-41(31-44(32-42)62(9,10)11)46-24-21-25-52-55(46)65-59(49-34-45(63(12,13)14)35-50(56(49)69)64(15,16)17)68(52)51-29-27-43(61(6,7)8)33-48(51)39-22-19-18-20-23-39;/h18-29,31-35,69H,36H2,1-17H3;/q-1;. The van der Waals surface area contributed by atoms with Crippen molar-refractivity contribution in [2.45, 2.75) is 146 Å². The summed E-state index contributed by atoms with van der Waals surface area (Å²) in [6.07, 6.45) is 1.03. The number of benzene rings is 6. The monoisotopic (exact) mass is 1190 g/mol. The quantitative estimate of drug-likeness (QED) is 0.133. The molecule has 0 aliphatic heterocycles. The van der Waals surface area contributed by atoms with Crippen molar-refractivity contribution < 1.29 is 26.2 Å². The van der Waals surface area contributed by atoms with Gasteiger partial charge < -0.3 is 0 Å². The summed E-state index contributed by atoms with van der Waals surface area (Å²) in [4.78, 5) is 5.74. The minimum absolute atomic E-state index is 0. The van der Waals surface area contributed by atoms with Crippen molar-refractivity contribution in [3.05, 3.63) is 148 Å². The van der Waals surface area contributed by atoms with Crippen LogP contribution in [0, 0.1) is 25.3 Å².